The number of hydrogen-bond acceptors (Lipinski definition) is 8. The van der Waals surface area contributed by atoms with Crippen LogP contribution in [-0.4, -0.2) is 90.1 Å². The number of carbonyl (C=O) groups excluding carboxylic acids is 1. The molecule has 176 valence electrons. The van der Waals surface area contributed by atoms with E-state index in [1.165, 1.54) is 38.6 Å². The molecule has 0 bridgehead atoms. The normalized spacial score (nSPS) is 15.4. The van der Waals surface area contributed by atoms with E-state index in [2.05, 4.69) is 25.3 Å². The van der Waals surface area contributed by atoms with Crippen molar-refractivity contribution in [1.29, 1.82) is 0 Å². The lowest BCUT2D eigenvalue weighted by Gasteiger charge is -2.35. The van der Waals surface area contributed by atoms with Gasteiger partial charge in [0.05, 0.1) is 33.7 Å². The molecular weight excluding hydrogens is 468 g/mol. The van der Waals surface area contributed by atoms with Crippen molar-refractivity contribution in [3.05, 3.63) is 35.7 Å². The Balaban J connectivity index is 1.38. The molecule has 3 heterocycles. The summed E-state index contributed by atoms with van der Waals surface area (Å²) < 4.78 is 27.6. The molecule has 1 amide bonds. The average Bonchev–Trinajstić information content (AvgIpc) is 3.16. The van der Waals surface area contributed by atoms with Crippen LogP contribution >= 0.6 is 11.6 Å². The van der Waals surface area contributed by atoms with Crippen molar-refractivity contribution in [1.82, 2.24) is 29.0 Å². The maximum atomic E-state index is 12.6. The van der Waals surface area contributed by atoms with Crippen molar-refractivity contribution >= 4 is 50.1 Å². The van der Waals surface area contributed by atoms with Gasteiger partial charge < -0.3 is 10.2 Å². The highest BCUT2D eigenvalue weighted by molar-refractivity contribution is 7.89. The zero-order valence-electron chi connectivity index (χ0n) is 18.6. The van der Waals surface area contributed by atoms with Crippen LogP contribution in [0.4, 0.5) is 11.5 Å². The second-order valence-corrected chi connectivity index (χ2v) is 10.5. The molecule has 11 nitrogen and oxygen atoms in total. The fourth-order valence-corrected chi connectivity index (χ4v) is 4.78. The SMILES string of the molecule is CN(C)S(=O)(=O)c1ccc(Cl)c(NC(=O)CN2CCN(c3ncnc4c3cnn4C)CC2)c1. The molecule has 0 atom stereocenters. The lowest BCUT2D eigenvalue weighted by Crippen LogP contribution is -2.49. The van der Waals surface area contributed by atoms with Crippen molar-refractivity contribution in [2.24, 2.45) is 7.05 Å². The van der Waals surface area contributed by atoms with Crippen molar-refractivity contribution in [2.45, 2.75) is 4.90 Å². The molecule has 0 spiro atoms. The van der Waals surface area contributed by atoms with E-state index in [1.54, 1.807) is 10.9 Å². The highest BCUT2D eigenvalue weighted by Crippen LogP contribution is 2.27. The Labute approximate surface area is 197 Å². The first-order chi connectivity index (χ1) is 15.7. The molecule has 1 aromatic carbocycles. The minimum Gasteiger partial charge on any atom is -0.353 e. The Hall–Kier alpha value is -2.80. The van der Waals surface area contributed by atoms with Crippen molar-refractivity contribution < 1.29 is 13.2 Å². The van der Waals surface area contributed by atoms with Crippen LogP contribution in [0.2, 0.25) is 5.02 Å². The molecule has 1 aliphatic heterocycles. The number of halogens is 1. The summed E-state index contributed by atoms with van der Waals surface area (Å²) in [6, 6.07) is 4.26. The molecule has 0 aliphatic carbocycles. The summed E-state index contributed by atoms with van der Waals surface area (Å²) >= 11 is 6.19. The number of hydrogen-bond donors (Lipinski definition) is 1. The molecule has 0 unspecified atom stereocenters. The van der Waals surface area contributed by atoms with Crippen LogP contribution in [0.3, 0.4) is 0 Å². The highest BCUT2D eigenvalue weighted by atomic mass is 35.5. The van der Waals surface area contributed by atoms with Crippen LogP contribution in [-0.2, 0) is 21.9 Å². The van der Waals surface area contributed by atoms with Gasteiger partial charge in [0, 0.05) is 47.3 Å². The number of fused-ring (bicyclic) bond motifs is 1. The van der Waals surface area contributed by atoms with E-state index in [9.17, 15) is 13.2 Å². The molecule has 1 aliphatic rings. The molecule has 2 aromatic heterocycles. The van der Waals surface area contributed by atoms with Crippen LogP contribution < -0.4 is 10.2 Å². The average molecular weight is 493 g/mol. The van der Waals surface area contributed by atoms with Gasteiger partial charge in [-0.3, -0.25) is 14.4 Å². The molecule has 0 radical (unpaired) electrons. The Bertz CT molecular complexity index is 1290. The van der Waals surface area contributed by atoms with Gasteiger partial charge in [-0.25, -0.2) is 22.7 Å². The molecular formula is C20H25ClN8O3S. The Kier molecular flexibility index (Phi) is 6.52. The largest absolute Gasteiger partial charge is 0.353 e. The smallest absolute Gasteiger partial charge is 0.242 e. The fourth-order valence-electron chi connectivity index (χ4n) is 3.68. The van der Waals surface area contributed by atoms with Crippen molar-refractivity contribution in [3.63, 3.8) is 0 Å². The third-order valence-corrected chi connectivity index (χ3v) is 7.68. The van der Waals surface area contributed by atoms with E-state index in [0.29, 0.717) is 26.2 Å². The zero-order chi connectivity index (χ0) is 23.8. The van der Waals surface area contributed by atoms with Gasteiger partial charge in [0.1, 0.15) is 12.1 Å². The van der Waals surface area contributed by atoms with E-state index in [0.717, 1.165) is 21.2 Å². The van der Waals surface area contributed by atoms with Gasteiger partial charge in [0.15, 0.2) is 5.65 Å². The van der Waals surface area contributed by atoms with Crippen LogP contribution in [0.25, 0.3) is 11.0 Å². The highest BCUT2D eigenvalue weighted by Gasteiger charge is 2.23. The number of piperazine rings is 1. The third kappa shape index (κ3) is 4.78. The van der Waals surface area contributed by atoms with Gasteiger partial charge in [0.2, 0.25) is 15.9 Å². The van der Waals surface area contributed by atoms with Gasteiger partial charge in [-0.05, 0) is 18.2 Å². The molecule has 1 fully saturated rings. The molecule has 1 saturated heterocycles. The van der Waals surface area contributed by atoms with Gasteiger partial charge in [-0.2, -0.15) is 5.10 Å². The number of anilines is 2. The second kappa shape index (κ2) is 9.21. The van der Waals surface area contributed by atoms with Crippen LogP contribution in [0.1, 0.15) is 0 Å². The van der Waals surface area contributed by atoms with Crippen LogP contribution in [0.5, 0.6) is 0 Å². The first-order valence-corrected chi connectivity index (χ1v) is 12.1. The maximum Gasteiger partial charge on any atom is 0.242 e. The summed E-state index contributed by atoms with van der Waals surface area (Å²) in [7, 11) is 1.10. The number of carbonyl (C=O) groups is 1. The Morgan fingerprint density at radius 1 is 1.18 bits per heavy atom. The molecule has 1 N–H and O–H groups in total. The number of aromatic nitrogens is 4. The molecule has 13 heteroatoms. The molecule has 4 rings (SSSR count). The number of aryl methyl sites for hydroxylation is 1. The van der Waals surface area contributed by atoms with E-state index in [4.69, 9.17) is 11.6 Å². The summed E-state index contributed by atoms with van der Waals surface area (Å²) in [5.74, 6) is 0.573. The summed E-state index contributed by atoms with van der Waals surface area (Å²) in [6.07, 6.45) is 3.30. The van der Waals surface area contributed by atoms with Gasteiger partial charge in [-0.1, -0.05) is 11.6 Å². The number of benzene rings is 1. The molecule has 3 aromatic rings. The number of amides is 1. The van der Waals surface area contributed by atoms with E-state index in [1.807, 2.05) is 11.9 Å². The standard InChI is InChI=1S/C20H25ClN8O3S/c1-26(2)33(31,32)14-4-5-16(21)17(10-14)25-18(30)12-28-6-8-29(9-7-28)20-15-11-24-27(3)19(15)22-13-23-20/h4-5,10-11,13H,6-9,12H2,1-3H3,(H,25,30). The Morgan fingerprint density at radius 2 is 1.91 bits per heavy atom. The Morgan fingerprint density at radius 3 is 2.61 bits per heavy atom. The maximum absolute atomic E-state index is 12.6. The summed E-state index contributed by atoms with van der Waals surface area (Å²) in [5, 5.41) is 8.16. The van der Waals surface area contributed by atoms with Crippen molar-refractivity contribution in [2.75, 3.05) is 57.0 Å². The van der Waals surface area contributed by atoms with E-state index >= 15 is 0 Å². The zero-order valence-corrected chi connectivity index (χ0v) is 20.1. The van der Waals surface area contributed by atoms with Gasteiger partial charge in [0.25, 0.3) is 0 Å². The molecule has 33 heavy (non-hydrogen) atoms. The predicted molar refractivity (Wildman–Crippen MR) is 126 cm³/mol. The summed E-state index contributed by atoms with van der Waals surface area (Å²) in [4.78, 5) is 25.6. The molecule has 0 saturated carbocycles. The van der Waals surface area contributed by atoms with Crippen LogP contribution in [0, 0.1) is 0 Å². The lowest BCUT2D eigenvalue weighted by atomic mass is 10.2. The first kappa shape index (κ1) is 23.4. The summed E-state index contributed by atoms with van der Waals surface area (Å²) in [5.41, 5.74) is 1.04. The number of nitrogens with one attached hydrogen (secondary N) is 1. The quantitative estimate of drug-likeness (QED) is 0.542. The van der Waals surface area contributed by atoms with Crippen molar-refractivity contribution in [3.8, 4) is 0 Å². The lowest BCUT2D eigenvalue weighted by molar-refractivity contribution is -0.117. The fraction of sp³-hybridized carbons (Fsp3) is 0.400. The van der Waals surface area contributed by atoms with E-state index < -0.39 is 10.0 Å². The predicted octanol–water partition coefficient (Wildman–Crippen LogP) is 1.03. The minimum atomic E-state index is -3.63. The number of rotatable bonds is 6. The number of nitrogens with zero attached hydrogens (tertiary/aromatic N) is 7. The minimum absolute atomic E-state index is 0.0624. The third-order valence-electron chi connectivity index (χ3n) is 5.54. The first-order valence-electron chi connectivity index (χ1n) is 10.3. The summed E-state index contributed by atoms with van der Waals surface area (Å²) in [6.45, 7) is 2.90. The topological polar surface area (TPSA) is 117 Å². The van der Waals surface area contributed by atoms with E-state index in [-0.39, 0.29) is 28.1 Å². The number of sulfonamides is 1. The van der Waals surface area contributed by atoms with Crippen LogP contribution in [0.15, 0.2) is 35.6 Å². The van der Waals surface area contributed by atoms with Gasteiger partial charge >= 0.3 is 0 Å². The monoisotopic (exact) mass is 492 g/mol. The second-order valence-electron chi connectivity index (χ2n) is 7.94. The van der Waals surface area contributed by atoms with Gasteiger partial charge in [-0.15, -0.1) is 0 Å².